The van der Waals surface area contributed by atoms with Gasteiger partial charge in [0.15, 0.2) is 12.4 Å². The number of nitrogens with zero attached hydrogens (tertiary/aromatic N) is 1. The van der Waals surface area contributed by atoms with Crippen LogP contribution in [0.4, 0.5) is 0 Å². The topological polar surface area (TPSA) is 3.88 Å². The molecule has 1 heteroatoms. The van der Waals surface area contributed by atoms with Gasteiger partial charge in [0.2, 0.25) is 0 Å². The number of rotatable bonds is 16. The highest BCUT2D eigenvalue weighted by atomic mass is 14.9. The van der Waals surface area contributed by atoms with Gasteiger partial charge in [-0.2, -0.15) is 0 Å². The first-order chi connectivity index (χ1) is 11.4. The van der Waals surface area contributed by atoms with E-state index in [1.165, 1.54) is 103 Å². The first-order valence-corrected chi connectivity index (χ1v) is 10.4. The zero-order chi connectivity index (χ0) is 16.4. The molecule has 0 unspecified atom stereocenters. The summed E-state index contributed by atoms with van der Waals surface area (Å²) in [5, 5.41) is 0. The molecule has 0 fully saturated rings. The minimum atomic E-state index is 1.18. The van der Waals surface area contributed by atoms with Gasteiger partial charge in [-0.05, 0) is 6.42 Å². The van der Waals surface area contributed by atoms with Gasteiger partial charge in [-0.15, -0.1) is 0 Å². The average molecular weight is 319 g/mol. The summed E-state index contributed by atoms with van der Waals surface area (Å²) in [6, 6.07) is 6.32. The summed E-state index contributed by atoms with van der Waals surface area (Å²) in [6.07, 6.45) is 25.9. The Bertz CT molecular complexity index is 333. The maximum absolute atomic E-state index is 2.29. The Morgan fingerprint density at radius 2 is 0.870 bits per heavy atom. The fourth-order valence-corrected chi connectivity index (χ4v) is 3.25. The van der Waals surface area contributed by atoms with Crippen molar-refractivity contribution in [1.82, 2.24) is 0 Å². The van der Waals surface area contributed by atoms with Gasteiger partial charge in [0, 0.05) is 18.6 Å². The smallest absolute Gasteiger partial charge is 0.168 e. The monoisotopic (exact) mass is 318 g/mol. The van der Waals surface area contributed by atoms with Crippen LogP contribution in [0.2, 0.25) is 0 Å². The SMILES string of the molecule is CCCCCCCCCCCCCCCCC[n+]1ccccc1. The third-order valence-corrected chi connectivity index (χ3v) is 4.80. The van der Waals surface area contributed by atoms with Gasteiger partial charge in [0.1, 0.15) is 6.54 Å². The normalized spacial score (nSPS) is 11.0. The van der Waals surface area contributed by atoms with E-state index in [-0.39, 0.29) is 0 Å². The summed E-state index contributed by atoms with van der Waals surface area (Å²) < 4.78 is 2.29. The Morgan fingerprint density at radius 1 is 0.478 bits per heavy atom. The quantitative estimate of drug-likeness (QED) is 0.232. The van der Waals surface area contributed by atoms with E-state index in [1.54, 1.807) is 0 Å². The van der Waals surface area contributed by atoms with E-state index in [2.05, 4.69) is 42.1 Å². The highest BCUT2D eigenvalue weighted by Crippen LogP contribution is 2.13. The second kappa shape index (κ2) is 16.0. The lowest BCUT2D eigenvalue weighted by Gasteiger charge is -2.03. The van der Waals surface area contributed by atoms with Crippen molar-refractivity contribution in [3.05, 3.63) is 30.6 Å². The summed E-state index contributed by atoms with van der Waals surface area (Å²) in [7, 11) is 0. The molecular weight excluding hydrogens is 278 g/mol. The first-order valence-electron chi connectivity index (χ1n) is 10.4. The third-order valence-electron chi connectivity index (χ3n) is 4.80. The fourth-order valence-electron chi connectivity index (χ4n) is 3.25. The van der Waals surface area contributed by atoms with Crippen LogP contribution in [0.3, 0.4) is 0 Å². The predicted molar refractivity (Wildman–Crippen MR) is 102 cm³/mol. The molecular formula is C22H40N+. The fraction of sp³-hybridized carbons (Fsp3) is 0.773. The Labute approximate surface area is 145 Å². The van der Waals surface area contributed by atoms with Gasteiger partial charge in [0.05, 0.1) is 0 Å². The molecule has 0 saturated carbocycles. The molecule has 23 heavy (non-hydrogen) atoms. The van der Waals surface area contributed by atoms with Crippen LogP contribution >= 0.6 is 0 Å². The zero-order valence-corrected chi connectivity index (χ0v) is 15.6. The van der Waals surface area contributed by atoms with Gasteiger partial charge >= 0.3 is 0 Å². The van der Waals surface area contributed by atoms with Crippen LogP contribution in [0, 0.1) is 0 Å². The Balaban J connectivity index is 1.72. The molecule has 0 saturated heterocycles. The number of hydrogen-bond donors (Lipinski definition) is 0. The van der Waals surface area contributed by atoms with Crippen molar-refractivity contribution in [2.75, 3.05) is 0 Å². The lowest BCUT2D eigenvalue weighted by atomic mass is 10.0. The van der Waals surface area contributed by atoms with Crippen molar-refractivity contribution in [2.24, 2.45) is 0 Å². The molecule has 0 radical (unpaired) electrons. The Kier molecular flexibility index (Phi) is 14.1. The second-order valence-electron chi connectivity index (χ2n) is 7.06. The summed E-state index contributed by atoms with van der Waals surface area (Å²) in [5.41, 5.74) is 0. The van der Waals surface area contributed by atoms with Crippen LogP contribution < -0.4 is 4.57 Å². The molecule has 0 aliphatic carbocycles. The van der Waals surface area contributed by atoms with Gasteiger partial charge in [-0.25, -0.2) is 4.57 Å². The van der Waals surface area contributed by atoms with Crippen molar-refractivity contribution < 1.29 is 4.57 Å². The second-order valence-corrected chi connectivity index (χ2v) is 7.06. The van der Waals surface area contributed by atoms with Crippen LogP contribution in [0.25, 0.3) is 0 Å². The predicted octanol–water partition coefficient (Wildman–Crippen LogP) is 6.85. The van der Waals surface area contributed by atoms with Crippen molar-refractivity contribution in [3.8, 4) is 0 Å². The van der Waals surface area contributed by atoms with E-state index in [0.717, 1.165) is 0 Å². The van der Waals surface area contributed by atoms with E-state index in [0.29, 0.717) is 0 Å². The minimum absolute atomic E-state index is 1.18. The molecule has 0 aliphatic heterocycles. The summed E-state index contributed by atoms with van der Waals surface area (Å²) in [4.78, 5) is 0. The maximum Gasteiger partial charge on any atom is 0.168 e. The number of pyridine rings is 1. The third kappa shape index (κ3) is 13.3. The average Bonchev–Trinajstić information content (AvgIpc) is 2.59. The van der Waals surface area contributed by atoms with E-state index in [1.807, 2.05) is 0 Å². The Hall–Kier alpha value is -0.850. The highest BCUT2D eigenvalue weighted by Gasteiger charge is 1.98. The van der Waals surface area contributed by atoms with Crippen LogP contribution in [-0.2, 0) is 6.54 Å². The standard InChI is InChI=1S/C22H40N/c1-2-3-4-5-6-7-8-9-10-11-12-13-14-15-17-20-23-21-18-16-19-22-23/h16,18-19,21-22H,2-15,17,20H2,1H3/q+1. The van der Waals surface area contributed by atoms with E-state index in [9.17, 15) is 0 Å². The van der Waals surface area contributed by atoms with E-state index < -0.39 is 0 Å². The molecule has 0 aromatic carbocycles. The van der Waals surface area contributed by atoms with E-state index in [4.69, 9.17) is 0 Å². The lowest BCUT2D eigenvalue weighted by molar-refractivity contribution is -0.697. The molecule has 1 aromatic rings. The highest BCUT2D eigenvalue weighted by molar-refractivity contribution is 4.83. The van der Waals surface area contributed by atoms with Gasteiger partial charge in [-0.1, -0.05) is 96.5 Å². The van der Waals surface area contributed by atoms with Gasteiger partial charge in [0.25, 0.3) is 0 Å². The first kappa shape index (κ1) is 20.2. The molecule has 1 heterocycles. The molecule has 0 amide bonds. The lowest BCUT2D eigenvalue weighted by Crippen LogP contribution is -2.32. The maximum atomic E-state index is 2.29. The largest absolute Gasteiger partial charge is 0.205 e. The van der Waals surface area contributed by atoms with Crippen molar-refractivity contribution >= 4 is 0 Å². The molecule has 0 N–H and O–H groups in total. The van der Waals surface area contributed by atoms with Crippen molar-refractivity contribution in [2.45, 2.75) is 110 Å². The van der Waals surface area contributed by atoms with Crippen molar-refractivity contribution in [3.63, 3.8) is 0 Å². The van der Waals surface area contributed by atoms with Crippen molar-refractivity contribution in [1.29, 1.82) is 0 Å². The zero-order valence-electron chi connectivity index (χ0n) is 15.6. The number of aryl methyl sites for hydroxylation is 1. The molecule has 0 bridgehead atoms. The molecule has 1 aromatic heterocycles. The summed E-state index contributed by atoms with van der Waals surface area (Å²) >= 11 is 0. The molecule has 132 valence electrons. The summed E-state index contributed by atoms with van der Waals surface area (Å²) in [5.74, 6) is 0. The Morgan fingerprint density at radius 3 is 1.30 bits per heavy atom. The van der Waals surface area contributed by atoms with Crippen LogP contribution in [0.15, 0.2) is 30.6 Å². The summed E-state index contributed by atoms with van der Waals surface area (Å²) in [6.45, 7) is 3.47. The van der Waals surface area contributed by atoms with Crippen LogP contribution in [0.5, 0.6) is 0 Å². The molecule has 0 atom stereocenters. The van der Waals surface area contributed by atoms with Crippen LogP contribution in [0.1, 0.15) is 103 Å². The van der Waals surface area contributed by atoms with Gasteiger partial charge in [-0.3, -0.25) is 0 Å². The number of aromatic nitrogens is 1. The molecule has 0 aliphatic rings. The minimum Gasteiger partial charge on any atom is -0.205 e. The van der Waals surface area contributed by atoms with Gasteiger partial charge < -0.3 is 0 Å². The van der Waals surface area contributed by atoms with E-state index >= 15 is 0 Å². The molecule has 1 rings (SSSR count). The molecule has 1 nitrogen and oxygen atoms in total. The number of hydrogen-bond acceptors (Lipinski definition) is 0. The van der Waals surface area contributed by atoms with Crippen LogP contribution in [-0.4, -0.2) is 0 Å². The molecule has 0 spiro atoms. The number of unbranched alkanes of at least 4 members (excludes halogenated alkanes) is 14.